The summed E-state index contributed by atoms with van der Waals surface area (Å²) < 4.78 is 21.2. The highest BCUT2D eigenvalue weighted by molar-refractivity contribution is 6.53. The van der Waals surface area contributed by atoms with Gasteiger partial charge in [-0.15, -0.1) is 0 Å². The van der Waals surface area contributed by atoms with Crippen molar-refractivity contribution in [2.75, 3.05) is 19.8 Å². The van der Waals surface area contributed by atoms with E-state index in [9.17, 15) is 0 Å². The lowest BCUT2D eigenvalue weighted by Gasteiger charge is -2.27. The minimum atomic E-state index is -3.11. The van der Waals surface area contributed by atoms with Crippen molar-refractivity contribution in [2.45, 2.75) is 34.0 Å². The smallest absolute Gasteiger partial charge is 0.369 e. The molecule has 0 amide bonds. The molecule has 0 fully saturated rings. The van der Waals surface area contributed by atoms with Crippen LogP contribution in [0, 0.1) is 0 Å². The van der Waals surface area contributed by atoms with Crippen LogP contribution in [0.3, 0.4) is 0 Å². The Labute approximate surface area is 86.4 Å². The van der Waals surface area contributed by atoms with Crippen molar-refractivity contribution in [1.82, 2.24) is 0 Å². The van der Waals surface area contributed by atoms with Gasteiger partial charge in [0, 0.05) is 19.8 Å². The molecule has 0 radical (unpaired) electrons. The summed E-state index contributed by atoms with van der Waals surface area (Å²) in [5.41, 5.74) is 0. The third-order valence-corrected chi connectivity index (χ3v) is 3.83. The first-order chi connectivity index (χ1) is 6.60. The van der Waals surface area contributed by atoms with Gasteiger partial charge in [0.05, 0.1) is 0 Å². The Morgan fingerprint density at radius 2 is 1.36 bits per heavy atom. The molecule has 1 unspecified atom stereocenters. The average Bonchev–Trinajstić information content (AvgIpc) is 2.03. The Kier molecular flexibility index (Phi) is 7.34. The first-order valence-electron chi connectivity index (χ1n) is 4.88. The molecule has 0 aromatic carbocycles. The second-order valence-corrected chi connectivity index (χ2v) is 4.62. The molecule has 0 saturated heterocycles. The molecule has 0 bridgehead atoms. The lowest BCUT2D eigenvalue weighted by atomic mass is 10.8. The summed E-state index contributed by atoms with van der Waals surface area (Å²) in [7, 11) is -3.11. The van der Waals surface area contributed by atoms with Gasteiger partial charge in [0.1, 0.15) is 6.29 Å². The predicted molar refractivity (Wildman–Crippen MR) is 53.4 cm³/mol. The van der Waals surface area contributed by atoms with E-state index in [-0.39, 0.29) is 0 Å². The standard InChI is InChI=1S/C8H20O5Si/c1-5-10-14(11-6-2,12-7-3)13-8(4)9/h8-9H,5-7H2,1-4H3. The fourth-order valence-electron chi connectivity index (χ4n) is 0.966. The van der Waals surface area contributed by atoms with Crippen LogP contribution in [0.5, 0.6) is 0 Å². The number of aliphatic hydroxyl groups is 1. The number of rotatable bonds is 8. The van der Waals surface area contributed by atoms with Crippen LogP contribution in [0.1, 0.15) is 27.7 Å². The van der Waals surface area contributed by atoms with Crippen LogP contribution in [-0.2, 0) is 17.7 Å². The zero-order chi connectivity index (χ0) is 11.0. The van der Waals surface area contributed by atoms with E-state index in [2.05, 4.69) is 0 Å². The van der Waals surface area contributed by atoms with Crippen LogP contribution in [0.15, 0.2) is 0 Å². The zero-order valence-corrected chi connectivity index (χ0v) is 10.3. The van der Waals surface area contributed by atoms with Crippen LogP contribution < -0.4 is 0 Å². The van der Waals surface area contributed by atoms with Crippen LogP contribution in [0.25, 0.3) is 0 Å². The molecular weight excluding hydrogens is 204 g/mol. The summed E-state index contributed by atoms with van der Waals surface area (Å²) in [4.78, 5) is 0. The van der Waals surface area contributed by atoms with Gasteiger partial charge >= 0.3 is 9.05 Å². The SMILES string of the molecule is CCO[Si](OCC)(OCC)OC(C)O. The number of aliphatic hydroxyl groups excluding tert-OH is 1. The van der Waals surface area contributed by atoms with Gasteiger partial charge in [0.15, 0.2) is 0 Å². The highest BCUT2D eigenvalue weighted by atomic mass is 28.4. The van der Waals surface area contributed by atoms with Crippen LogP contribution in [0.4, 0.5) is 0 Å². The van der Waals surface area contributed by atoms with E-state index in [1.54, 1.807) is 0 Å². The van der Waals surface area contributed by atoms with Crippen molar-refractivity contribution in [3.8, 4) is 0 Å². The largest absolute Gasteiger partial charge is 0.681 e. The second-order valence-electron chi connectivity index (χ2n) is 2.52. The lowest BCUT2D eigenvalue weighted by molar-refractivity contribution is -0.110. The minimum Gasteiger partial charge on any atom is -0.369 e. The fourth-order valence-corrected chi connectivity index (χ4v) is 2.90. The van der Waals surface area contributed by atoms with E-state index in [0.717, 1.165) is 0 Å². The van der Waals surface area contributed by atoms with Gasteiger partial charge in [-0.2, -0.15) is 0 Å². The molecule has 5 nitrogen and oxygen atoms in total. The highest BCUT2D eigenvalue weighted by Gasteiger charge is 2.46. The van der Waals surface area contributed by atoms with Crippen LogP contribution >= 0.6 is 0 Å². The monoisotopic (exact) mass is 224 g/mol. The Balaban J connectivity index is 4.37. The molecule has 0 aromatic rings. The molecule has 1 N–H and O–H groups in total. The minimum absolute atomic E-state index is 0.430. The van der Waals surface area contributed by atoms with Crippen molar-refractivity contribution in [1.29, 1.82) is 0 Å². The van der Waals surface area contributed by atoms with Gasteiger partial charge in [-0.3, -0.25) is 0 Å². The second kappa shape index (κ2) is 7.33. The first kappa shape index (κ1) is 14.0. The van der Waals surface area contributed by atoms with E-state index in [1.165, 1.54) is 6.92 Å². The summed E-state index contributed by atoms with van der Waals surface area (Å²) in [6, 6.07) is 0. The maximum atomic E-state index is 9.14. The summed E-state index contributed by atoms with van der Waals surface area (Å²) in [6.45, 7) is 8.26. The van der Waals surface area contributed by atoms with E-state index in [0.29, 0.717) is 19.8 Å². The fraction of sp³-hybridized carbons (Fsp3) is 1.00. The zero-order valence-electron chi connectivity index (χ0n) is 9.28. The molecule has 86 valence electrons. The van der Waals surface area contributed by atoms with Crippen molar-refractivity contribution in [2.24, 2.45) is 0 Å². The van der Waals surface area contributed by atoms with Crippen molar-refractivity contribution < 1.29 is 22.8 Å². The number of hydrogen-bond donors (Lipinski definition) is 1. The Bertz CT molecular complexity index is 125. The molecule has 0 aliphatic carbocycles. The van der Waals surface area contributed by atoms with E-state index >= 15 is 0 Å². The number of hydrogen-bond acceptors (Lipinski definition) is 5. The molecule has 6 heteroatoms. The topological polar surface area (TPSA) is 57.2 Å². The van der Waals surface area contributed by atoms with Gasteiger partial charge in [-0.1, -0.05) is 0 Å². The normalized spacial score (nSPS) is 14.4. The maximum absolute atomic E-state index is 9.14. The maximum Gasteiger partial charge on any atom is 0.681 e. The summed E-state index contributed by atoms with van der Waals surface area (Å²) in [5, 5.41) is 9.14. The lowest BCUT2D eigenvalue weighted by Crippen LogP contribution is -2.51. The van der Waals surface area contributed by atoms with Crippen LogP contribution in [-0.4, -0.2) is 40.3 Å². The average molecular weight is 224 g/mol. The summed E-state index contributed by atoms with van der Waals surface area (Å²) in [6.07, 6.45) is -0.952. The molecular formula is C8H20O5Si. The van der Waals surface area contributed by atoms with E-state index < -0.39 is 15.3 Å². The highest BCUT2D eigenvalue weighted by Crippen LogP contribution is 2.13. The first-order valence-corrected chi connectivity index (χ1v) is 6.51. The predicted octanol–water partition coefficient (Wildman–Crippen LogP) is 0.886. The molecule has 0 saturated carbocycles. The molecule has 0 aromatic heterocycles. The van der Waals surface area contributed by atoms with Gasteiger partial charge in [0.2, 0.25) is 0 Å². The molecule has 14 heavy (non-hydrogen) atoms. The quantitative estimate of drug-likeness (QED) is 0.490. The van der Waals surface area contributed by atoms with Crippen molar-refractivity contribution >= 4 is 9.05 Å². The van der Waals surface area contributed by atoms with Gasteiger partial charge in [-0.05, 0) is 27.7 Å². The van der Waals surface area contributed by atoms with E-state index in [4.69, 9.17) is 22.8 Å². The third kappa shape index (κ3) is 5.04. The summed E-state index contributed by atoms with van der Waals surface area (Å²) >= 11 is 0. The Morgan fingerprint density at radius 3 is 1.57 bits per heavy atom. The summed E-state index contributed by atoms with van der Waals surface area (Å²) in [5.74, 6) is 0. The van der Waals surface area contributed by atoms with Crippen LogP contribution in [0.2, 0.25) is 0 Å². The van der Waals surface area contributed by atoms with Crippen molar-refractivity contribution in [3.63, 3.8) is 0 Å². The molecule has 0 heterocycles. The van der Waals surface area contributed by atoms with Gasteiger partial charge in [-0.25, -0.2) is 0 Å². The van der Waals surface area contributed by atoms with Crippen molar-refractivity contribution in [3.05, 3.63) is 0 Å². The van der Waals surface area contributed by atoms with Gasteiger partial charge in [0.25, 0.3) is 0 Å². The van der Waals surface area contributed by atoms with E-state index in [1.807, 2.05) is 20.8 Å². The molecule has 0 aliphatic heterocycles. The Hall–Kier alpha value is 0.0169. The van der Waals surface area contributed by atoms with Gasteiger partial charge < -0.3 is 22.8 Å². The molecule has 0 rings (SSSR count). The molecule has 0 spiro atoms. The Morgan fingerprint density at radius 1 is 1.00 bits per heavy atom. The molecule has 0 aliphatic rings. The third-order valence-electron chi connectivity index (χ3n) is 1.28. The molecule has 1 atom stereocenters.